The monoisotopic (exact) mass is 185 g/mol. The largest absolute Gasteiger partial charge is 0.463 e. The van der Waals surface area contributed by atoms with E-state index in [1.807, 2.05) is 0 Å². The molecule has 3 nitrogen and oxygen atoms in total. The Labute approximate surface area is 79.1 Å². The molecule has 13 heavy (non-hydrogen) atoms. The summed E-state index contributed by atoms with van der Waals surface area (Å²) in [6.07, 6.45) is 4.53. The van der Waals surface area contributed by atoms with Crippen LogP contribution < -0.4 is 0 Å². The summed E-state index contributed by atoms with van der Waals surface area (Å²) in [6.45, 7) is 3.36. The van der Waals surface area contributed by atoms with E-state index in [1.165, 1.54) is 6.42 Å². The fraction of sp³-hybridized carbons (Fsp3) is 0.800. The maximum absolute atomic E-state index is 11.3. The second-order valence-corrected chi connectivity index (χ2v) is 3.62. The Kier molecular flexibility index (Phi) is 4.22. The van der Waals surface area contributed by atoms with Gasteiger partial charge in [-0.05, 0) is 19.8 Å². The highest BCUT2D eigenvalue weighted by molar-refractivity contribution is 5.72. The fourth-order valence-corrected chi connectivity index (χ4v) is 1.63. The van der Waals surface area contributed by atoms with E-state index in [-0.39, 0.29) is 18.5 Å². The zero-order valence-electron chi connectivity index (χ0n) is 7.87. The predicted molar refractivity (Wildman–Crippen MR) is 48.9 cm³/mol. The number of carbonyl (C=O) groups is 1. The van der Waals surface area contributed by atoms with Crippen molar-refractivity contribution in [3.63, 3.8) is 0 Å². The second-order valence-electron chi connectivity index (χ2n) is 3.62. The first-order chi connectivity index (χ1) is 6.20. The molecule has 1 atom stereocenters. The maximum Gasteiger partial charge on any atom is 0.309 e. The first kappa shape index (κ1) is 10.5. The van der Waals surface area contributed by atoms with Gasteiger partial charge >= 0.3 is 5.97 Å². The molecule has 1 radical (unpaired) electrons. The van der Waals surface area contributed by atoms with E-state index in [2.05, 4.69) is 6.92 Å². The molecule has 75 valence electrons. The lowest BCUT2D eigenvalue weighted by molar-refractivity contribution is -0.151. The van der Waals surface area contributed by atoms with Crippen LogP contribution in [0.5, 0.6) is 0 Å². The second kappa shape index (κ2) is 5.22. The standard InChI is InChI=1S/C10H17O3/c1-8(11)7-13-10(12)9-5-3-2-4-6-9/h8-9,11H,1-7H2. The average molecular weight is 185 g/mol. The summed E-state index contributed by atoms with van der Waals surface area (Å²) in [5.41, 5.74) is 0. The number of carbonyl (C=O) groups excluding carboxylic acids is 1. The molecule has 0 amide bonds. The Morgan fingerprint density at radius 2 is 2.08 bits per heavy atom. The quantitative estimate of drug-likeness (QED) is 0.674. The predicted octanol–water partition coefficient (Wildman–Crippen LogP) is 1.30. The highest BCUT2D eigenvalue weighted by Crippen LogP contribution is 2.24. The van der Waals surface area contributed by atoms with Gasteiger partial charge in [-0.2, -0.15) is 0 Å². The van der Waals surface area contributed by atoms with Gasteiger partial charge in [-0.25, -0.2) is 0 Å². The van der Waals surface area contributed by atoms with Crippen LogP contribution in [0, 0.1) is 12.8 Å². The lowest BCUT2D eigenvalue weighted by Gasteiger charge is -2.20. The number of rotatable bonds is 3. The van der Waals surface area contributed by atoms with Crippen LogP contribution >= 0.6 is 0 Å². The smallest absolute Gasteiger partial charge is 0.309 e. The Hall–Kier alpha value is -0.570. The summed E-state index contributed by atoms with van der Waals surface area (Å²) in [7, 11) is 0. The molecule has 1 fully saturated rings. The van der Waals surface area contributed by atoms with E-state index < -0.39 is 6.10 Å². The molecule has 3 heteroatoms. The van der Waals surface area contributed by atoms with Gasteiger partial charge in [0.1, 0.15) is 6.61 Å². The van der Waals surface area contributed by atoms with E-state index in [0.29, 0.717) is 0 Å². The highest BCUT2D eigenvalue weighted by atomic mass is 16.5. The van der Waals surface area contributed by atoms with Crippen molar-refractivity contribution in [2.75, 3.05) is 6.61 Å². The molecule has 0 heterocycles. The van der Waals surface area contributed by atoms with Gasteiger partial charge < -0.3 is 9.84 Å². The minimum absolute atomic E-state index is 0.0231. The molecule has 0 saturated heterocycles. The van der Waals surface area contributed by atoms with Gasteiger partial charge in [0, 0.05) is 0 Å². The molecule has 0 aromatic rings. The van der Waals surface area contributed by atoms with E-state index >= 15 is 0 Å². The zero-order valence-corrected chi connectivity index (χ0v) is 7.87. The van der Waals surface area contributed by atoms with E-state index in [1.54, 1.807) is 0 Å². The number of aliphatic hydroxyl groups is 1. The Morgan fingerprint density at radius 3 is 2.62 bits per heavy atom. The first-order valence-corrected chi connectivity index (χ1v) is 4.88. The van der Waals surface area contributed by atoms with Gasteiger partial charge in [0.05, 0.1) is 12.0 Å². The van der Waals surface area contributed by atoms with Crippen LogP contribution in [0.1, 0.15) is 32.1 Å². The topological polar surface area (TPSA) is 46.5 Å². The summed E-state index contributed by atoms with van der Waals surface area (Å²) in [6, 6.07) is 0. The highest BCUT2D eigenvalue weighted by Gasteiger charge is 2.22. The van der Waals surface area contributed by atoms with Crippen molar-refractivity contribution in [2.24, 2.45) is 5.92 Å². The van der Waals surface area contributed by atoms with Crippen molar-refractivity contribution in [3.8, 4) is 0 Å². The maximum atomic E-state index is 11.3. The van der Waals surface area contributed by atoms with Crippen LogP contribution in [0.25, 0.3) is 0 Å². The van der Waals surface area contributed by atoms with Crippen molar-refractivity contribution >= 4 is 5.97 Å². The van der Waals surface area contributed by atoms with Crippen molar-refractivity contribution < 1.29 is 14.6 Å². The van der Waals surface area contributed by atoms with Gasteiger partial charge in [-0.3, -0.25) is 4.79 Å². The number of ether oxygens (including phenoxy) is 1. The molecule has 0 aliphatic heterocycles. The molecule has 0 aromatic heterocycles. The number of aliphatic hydroxyl groups excluding tert-OH is 1. The first-order valence-electron chi connectivity index (χ1n) is 4.88. The third-order valence-corrected chi connectivity index (χ3v) is 2.36. The minimum atomic E-state index is -0.799. The molecule has 1 saturated carbocycles. The molecule has 1 aliphatic rings. The normalized spacial score (nSPS) is 21.1. The zero-order chi connectivity index (χ0) is 9.68. The lowest BCUT2D eigenvalue weighted by Crippen LogP contribution is -2.23. The molecular weight excluding hydrogens is 168 g/mol. The van der Waals surface area contributed by atoms with Crippen molar-refractivity contribution in [1.82, 2.24) is 0 Å². The molecule has 0 spiro atoms. The number of hydrogen-bond acceptors (Lipinski definition) is 3. The van der Waals surface area contributed by atoms with E-state index in [0.717, 1.165) is 25.7 Å². The van der Waals surface area contributed by atoms with Crippen molar-refractivity contribution in [3.05, 3.63) is 6.92 Å². The SMILES string of the molecule is [CH2]C(O)COC(=O)C1CCCCC1. The molecule has 1 N–H and O–H groups in total. The van der Waals surface area contributed by atoms with Gasteiger partial charge in [0.15, 0.2) is 0 Å². The average Bonchev–Trinajstić information content (AvgIpc) is 2.15. The summed E-state index contributed by atoms with van der Waals surface area (Å²) in [5, 5.41) is 8.81. The van der Waals surface area contributed by atoms with Gasteiger partial charge in [0.2, 0.25) is 0 Å². The third-order valence-electron chi connectivity index (χ3n) is 2.36. The van der Waals surface area contributed by atoms with Gasteiger partial charge in [-0.1, -0.05) is 19.3 Å². The number of esters is 1. The molecule has 1 rings (SSSR count). The summed E-state index contributed by atoms with van der Waals surface area (Å²) in [4.78, 5) is 11.3. The fourth-order valence-electron chi connectivity index (χ4n) is 1.63. The summed E-state index contributed by atoms with van der Waals surface area (Å²) >= 11 is 0. The van der Waals surface area contributed by atoms with Crippen LogP contribution in [-0.4, -0.2) is 23.8 Å². The summed E-state index contributed by atoms with van der Waals surface area (Å²) < 4.78 is 4.89. The molecular formula is C10H17O3. The van der Waals surface area contributed by atoms with Crippen LogP contribution in [0.3, 0.4) is 0 Å². The molecule has 0 bridgehead atoms. The van der Waals surface area contributed by atoms with Crippen LogP contribution in [0.4, 0.5) is 0 Å². The van der Waals surface area contributed by atoms with Crippen molar-refractivity contribution in [2.45, 2.75) is 38.2 Å². The van der Waals surface area contributed by atoms with Crippen molar-refractivity contribution in [1.29, 1.82) is 0 Å². The van der Waals surface area contributed by atoms with E-state index in [4.69, 9.17) is 9.84 Å². The van der Waals surface area contributed by atoms with E-state index in [9.17, 15) is 4.79 Å². The van der Waals surface area contributed by atoms with Crippen LogP contribution in [-0.2, 0) is 9.53 Å². The summed E-state index contributed by atoms with van der Waals surface area (Å²) in [5.74, 6) is -0.102. The Balaban J connectivity index is 2.21. The van der Waals surface area contributed by atoms with Crippen LogP contribution in [0.2, 0.25) is 0 Å². The van der Waals surface area contributed by atoms with Crippen LogP contribution in [0.15, 0.2) is 0 Å². The molecule has 1 unspecified atom stereocenters. The van der Waals surface area contributed by atoms with Gasteiger partial charge in [-0.15, -0.1) is 0 Å². The minimum Gasteiger partial charge on any atom is -0.463 e. The Morgan fingerprint density at radius 1 is 1.46 bits per heavy atom. The molecule has 1 aliphatic carbocycles. The number of hydrogen-bond donors (Lipinski definition) is 1. The molecule has 0 aromatic carbocycles. The Bertz CT molecular complexity index is 160. The lowest BCUT2D eigenvalue weighted by atomic mass is 9.89. The third kappa shape index (κ3) is 3.77. The van der Waals surface area contributed by atoms with Gasteiger partial charge in [0.25, 0.3) is 0 Å².